The first-order valence-corrected chi connectivity index (χ1v) is 8.60. The highest BCUT2D eigenvalue weighted by molar-refractivity contribution is 9.12. The minimum absolute atomic E-state index is 0.288. The Bertz CT molecular complexity index is 554. The van der Waals surface area contributed by atoms with Gasteiger partial charge in [0, 0.05) is 24.4 Å². The third-order valence-electron chi connectivity index (χ3n) is 3.02. The van der Waals surface area contributed by atoms with Crippen LogP contribution in [-0.2, 0) is 6.42 Å². The highest BCUT2D eigenvalue weighted by Gasteiger charge is 2.18. The minimum Gasteiger partial charge on any atom is -0.310 e. The number of pyridine rings is 1. The van der Waals surface area contributed by atoms with E-state index in [0.717, 1.165) is 22.4 Å². The van der Waals surface area contributed by atoms with Gasteiger partial charge < -0.3 is 5.32 Å². The number of hydrogen-bond acceptors (Lipinski definition) is 3. The van der Waals surface area contributed by atoms with Crippen molar-refractivity contribution in [3.8, 4) is 0 Å². The Balaban J connectivity index is 2.26. The van der Waals surface area contributed by atoms with E-state index < -0.39 is 0 Å². The molecular weight excluding hydrogens is 388 g/mol. The molecule has 1 unspecified atom stereocenters. The maximum absolute atomic E-state index is 4.50. The van der Waals surface area contributed by atoms with E-state index in [2.05, 4.69) is 68.1 Å². The van der Waals surface area contributed by atoms with E-state index in [4.69, 9.17) is 0 Å². The first-order valence-electron chi connectivity index (χ1n) is 6.20. The summed E-state index contributed by atoms with van der Waals surface area (Å²) in [5, 5.41) is 3.54. The smallest absolute Gasteiger partial charge is 0.0758 e. The van der Waals surface area contributed by atoms with Gasteiger partial charge in [0.05, 0.1) is 7.57 Å². The second-order valence-electron chi connectivity index (χ2n) is 4.36. The Labute approximate surface area is 134 Å². The van der Waals surface area contributed by atoms with Gasteiger partial charge >= 0.3 is 0 Å². The Morgan fingerprint density at radius 1 is 1.42 bits per heavy atom. The summed E-state index contributed by atoms with van der Waals surface area (Å²) in [6.45, 7) is 5.19. The fourth-order valence-electron chi connectivity index (χ4n) is 2.05. The van der Waals surface area contributed by atoms with Gasteiger partial charge in [-0.05, 0) is 68.6 Å². The van der Waals surface area contributed by atoms with Crippen LogP contribution in [0.5, 0.6) is 0 Å². The van der Waals surface area contributed by atoms with Crippen molar-refractivity contribution in [2.24, 2.45) is 0 Å². The van der Waals surface area contributed by atoms with Crippen LogP contribution in [0, 0.1) is 6.92 Å². The monoisotopic (exact) mass is 402 g/mol. The quantitative estimate of drug-likeness (QED) is 0.770. The molecule has 0 aliphatic rings. The Hall–Kier alpha value is -0.230. The maximum Gasteiger partial charge on any atom is 0.0758 e. The van der Waals surface area contributed by atoms with Gasteiger partial charge in [-0.15, -0.1) is 11.3 Å². The van der Waals surface area contributed by atoms with Crippen molar-refractivity contribution >= 4 is 43.2 Å². The summed E-state index contributed by atoms with van der Waals surface area (Å²) in [5.74, 6) is 0. The zero-order chi connectivity index (χ0) is 13.8. The molecular formula is C14H16Br2N2S. The molecule has 0 fully saturated rings. The minimum atomic E-state index is 0.288. The molecule has 0 aliphatic heterocycles. The lowest BCUT2D eigenvalue weighted by Gasteiger charge is -2.18. The average Bonchev–Trinajstić information content (AvgIpc) is 2.70. The zero-order valence-corrected chi connectivity index (χ0v) is 14.9. The lowest BCUT2D eigenvalue weighted by molar-refractivity contribution is 0.542. The predicted molar refractivity (Wildman–Crippen MR) is 88.8 cm³/mol. The maximum atomic E-state index is 4.50. The van der Waals surface area contributed by atoms with Crippen LogP contribution < -0.4 is 5.32 Å². The summed E-state index contributed by atoms with van der Waals surface area (Å²) in [7, 11) is 0. The SMILES string of the molecule is CCNC(Cc1ncccc1C)c1cc(Br)sc1Br. The summed E-state index contributed by atoms with van der Waals surface area (Å²) in [6.07, 6.45) is 2.77. The molecule has 2 heterocycles. The van der Waals surface area contributed by atoms with Gasteiger partial charge in [0.25, 0.3) is 0 Å². The number of nitrogens with one attached hydrogen (secondary N) is 1. The standard InChI is InChI=1S/C14H16Br2N2S/c1-3-17-12(10-7-13(15)19-14(10)16)8-11-9(2)5-4-6-18-11/h4-7,12,17H,3,8H2,1-2H3. The predicted octanol–water partition coefficient (Wildman–Crippen LogP) is 4.87. The van der Waals surface area contributed by atoms with Gasteiger partial charge in [-0.1, -0.05) is 13.0 Å². The van der Waals surface area contributed by atoms with E-state index in [0.29, 0.717) is 0 Å². The third-order valence-corrected chi connectivity index (χ3v) is 5.41. The molecule has 0 bridgehead atoms. The molecule has 2 nitrogen and oxygen atoms in total. The van der Waals surface area contributed by atoms with Crippen molar-refractivity contribution in [2.75, 3.05) is 6.54 Å². The molecule has 0 radical (unpaired) electrons. The van der Waals surface area contributed by atoms with E-state index in [1.165, 1.54) is 14.9 Å². The molecule has 2 aromatic heterocycles. The summed E-state index contributed by atoms with van der Waals surface area (Å²) in [5.41, 5.74) is 3.70. The van der Waals surface area contributed by atoms with Crippen LogP contribution in [0.25, 0.3) is 0 Å². The van der Waals surface area contributed by atoms with E-state index in [-0.39, 0.29) is 6.04 Å². The van der Waals surface area contributed by atoms with Gasteiger partial charge in [0.2, 0.25) is 0 Å². The van der Waals surface area contributed by atoms with Crippen molar-refractivity contribution in [3.05, 3.63) is 48.8 Å². The fourth-order valence-corrected chi connectivity index (χ4v) is 5.03. The van der Waals surface area contributed by atoms with Crippen molar-refractivity contribution in [3.63, 3.8) is 0 Å². The van der Waals surface area contributed by atoms with Crippen LogP contribution in [0.15, 0.2) is 32.0 Å². The largest absolute Gasteiger partial charge is 0.310 e. The van der Waals surface area contributed by atoms with Crippen LogP contribution in [0.3, 0.4) is 0 Å². The summed E-state index contributed by atoms with van der Waals surface area (Å²) < 4.78 is 2.33. The molecule has 1 atom stereocenters. The van der Waals surface area contributed by atoms with Crippen molar-refractivity contribution in [1.29, 1.82) is 0 Å². The Morgan fingerprint density at radius 2 is 2.21 bits per heavy atom. The number of nitrogens with zero attached hydrogens (tertiary/aromatic N) is 1. The molecule has 19 heavy (non-hydrogen) atoms. The molecule has 0 saturated carbocycles. The molecule has 0 aromatic carbocycles. The average molecular weight is 404 g/mol. The van der Waals surface area contributed by atoms with Gasteiger partial charge in [0.15, 0.2) is 0 Å². The third kappa shape index (κ3) is 3.88. The number of thiophene rings is 1. The highest BCUT2D eigenvalue weighted by atomic mass is 79.9. The summed E-state index contributed by atoms with van der Waals surface area (Å²) >= 11 is 8.91. The number of aromatic nitrogens is 1. The van der Waals surface area contributed by atoms with Gasteiger partial charge in [-0.25, -0.2) is 0 Å². The molecule has 1 N–H and O–H groups in total. The molecule has 2 rings (SSSR count). The lowest BCUT2D eigenvalue weighted by Crippen LogP contribution is -2.23. The molecule has 0 spiro atoms. The second-order valence-corrected chi connectivity index (χ2v) is 8.11. The highest BCUT2D eigenvalue weighted by Crippen LogP contribution is 2.36. The summed E-state index contributed by atoms with van der Waals surface area (Å²) in [4.78, 5) is 4.50. The zero-order valence-electron chi connectivity index (χ0n) is 10.9. The second kappa shape index (κ2) is 6.97. The molecule has 0 aliphatic carbocycles. The molecule has 102 valence electrons. The van der Waals surface area contributed by atoms with Crippen LogP contribution in [-0.4, -0.2) is 11.5 Å². The lowest BCUT2D eigenvalue weighted by atomic mass is 10.0. The first kappa shape index (κ1) is 15.2. The summed E-state index contributed by atoms with van der Waals surface area (Å²) in [6, 6.07) is 6.57. The fraction of sp³-hybridized carbons (Fsp3) is 0.357. The topological polar surface area (TPSA) is 24.9 Å². The first-order chi connectivity index (χ1) is 9.11. The van der Waals surface area contributed by atoms with E-state index in [1.807, 2.05) is 12.3 Å². The van der Waals surface area contributed by atoms with Crippen LogP contribution in [0.4, 0.5) is 0 Å². The Kier molecular flexibility index (Phi) is 5.57. The number of aryl methyl sites for hydroxylation is 1. The number of hydrogen-bond donors (Lipinski definition) is 1. The van der Waals surface area contributed by atoms with E-state index >= 15 is 0 Å². The van der Waals surface area contributed by atoms with Crippen molar-refractivity contribution in [1.82, 2.24) is 10.3 Å². The normalized spacial score (nSPS) is 12.6. The molecule has 0 saturated heterocycles. The van der Waals surface area contributed by atoms with E-state index in [9.17, 15) is 0 Å². The number of likely N-dealkylation sites (N-methyl/N-ethyl adjacent to an activating group) is 1. The van der Waals surface area contributed by atoms with Crippen molar-refractivity contribution in [2.45, 2.75) is 26.3 Å². The van der Waals surface area contributed by atoms with Gasteiger partial charge in [-0.2, -0.15) is 0 Å². The Morgan fingerprint density at radius 3 is 2.79 bits per heavy atom. The van der Waals surface area contributed by atoms with Gasteiger partial charge in [-0.3, -0.25) is 4.98 Å². The molecule has 0 amide bonds. The van der Waals surface area contributed by atoms with E-state index in [1.54, 1.807) is 11.3 Å². The molecule has 2 aromatic rings. The van der Waals surface area contributed by atoms with Crippen LogP contribution in [0.1, 0.15) is 29.8 Å². The van der Waals surface area contributed by atoms with Gasteiger partial charge in [0.1, 0.15) is 0 Å². The van der Waals surface area contributed by atoms with Crippen LogP contribution in [0.2, 0.25) is 0 Å². The van der Waals surface area contributed by atoms with Crippen molar-refractivity contribution < 1.29 is 0 Å². The number of halogens is 2. The molecule has 5 heteroatoms. The van der Waals surface area contributed by atoms with Crippen LogP contribution >= 0.6 is 43.2 Å². The number of rotatable bonds is 5.